The van der Waals surface area contributed by atoms with Crippen molar-refractivity contribution in [2.24, 2.45) is 5.41 Å². The van der Waals surface area contributed by atoms with Crippen molar-refractivity contribution in [1.29, 1.82) is 0 Å². The first-order valence-corrected chi connectivity index (χ1v) is 6.65. The maximum absolute atomic E-state index is 13.2. The summed E-state index contributed by atoms with van der Waals surface area (Å²) in [5.74, 6) is -1.49. The average molecular weight is 309 g/mol. The summed E-state index contributed by atoms with van der Waals surface area (Å²) in [5.41, 5.74) is -2.30. The predicted molar refractivity (Wildman–Crippen MR) is 75.9 cm³/mol. The number of H-pyrrole nitrogens is 1. The molecule has 0 aromatic carbocycles. The molecule has 0 atom stereocenters. The number of aromatic nitrogens is 2. The Morgan fingerprint density at radius 2 is 2.00 bits per heavy atom. The van der Waals surface area contributed by atoms with Crippen LogP contribution >= 0.6 is 0 Å². The van der Waals surface area contributed by atoms with Crippen LogP contribution in [-0.2, 0) is 4.79 Å². The van der Waals surface area contributed by atoms with Gasteiger partial charge in [0.2, 0.25) is 5.82 Å². The molecule has 0 unspecified atom stereocenters. The van der Waals surface area contributed by atoms with Crippen LogP contribution in [0.1, 0.15) is 26.7 Å². The molecule has 2 rings (SSSR count). The molecular weight excluding hydrogens is 293 g/mol. The largest absolute Gasteiger partial charge is 0.336 e. The van der Waals surface area contributed by atoms with Crippen LogP contribution in [0.2, 0.25) is 0 Å². The number of ketones is 1. The van der Waals surface area contributed by atoms with E-state index in [1.807, 2.05) is 13.8 Å². The number of rotatable bonds is 1. The second-order valence-corrected chi connectivity index (χ2v) is 6.01. The number of halogens is 1. The fourth-order valence-corrected chi connectivity index (χ4v) is 2.26. The number of carbonyl (C=O) groups excluding carboxylic acids is 2. The molecule has 0 aliphatic heterocycles. The van der Waals surface area contributed by atoms with Crippen molar-refractivity contribution in [1.82, 2.24) is 14.5 Å². The molecule has 1 amide bonds. The van der Waals surface area contributed by atoms with Gasteiger partial charge in [-0.2, -0.15) is 4.39 Å². The molecule has 1 N–H and O–H groups in total. The van der Waals surface area contributed by atoms with E-state index in [2.05, 4.69) is 0 Å². The minimum atomic E-state index is -1.26. The monoisotopic (exact) mass is 309 g/mol. The van der Waals surface area contributed by atoms with Crippen molar-refractivity contribution < 1.29 is 14.0 Å². The molecule has 0 radical (unpaired) electrons. The van der Waals surface area contributed by atoms with E-state index in [1.54, 1.807) is 11.1 Å². The van der Waals surface area contributed by atoms with E-state index in [1.165, 1.54) is 7.05 Å². The number of hydrogen-bond acceptors (Lipinski definition) is 4. The summed E-state index contributed by atoms with van der Waals surface area (Å²) >= 11 is 0. The highest BCUT2D eigenvalue weighted by Crippen LogP contribution is 2.32. The van der Waals surface area contributed by atoms with Crippen LogP contribution in [0.25, 0.3) is 0 Å². The number of nitrogens with zero attached hydrogens (tertiary/aromatic N) is 2. The summed E-state index contributed by atoms with van der Waals surface area (Å²) < 4.78 is 13.7. The lowest BCUT2D eigenvalue weighted by molar-refractivity contribution is -0.119. The van der Waals surface area contributed by atoms with Gasteiger partial charge in [0, 0.05) is 13.5 Å². The smallest absolute Gasteiger partial charge is 0.293 e. The van der Waals surface area contributed by atoms with Gasteiger partial charge in [0.25, 0.3) is 5.56 Å². The zero-order valence-electron chi connectivity index (χ0n) is 12.5. The zero-order valence-corrected chi connectivity index (χ0v) is 12.5. The first-order chi connectivity index (χ1) is 10.1. The number of allylic oxidation sites excluding steroid dienone is 2. The molecule has 0 saturated heterocycles. The molecule has 22 heavy (non-hydrogen) atoms. The maximum Gasteiger partial charge on any atom is 0.336 e. The van der Waals surface area contributed by atoms with Gasteiger partial charge < -0.3 is 0 Å². The number of nitrogens with one attached hydrogen (secondary N) is 1. The molecule has 1 aromatic rings. The van der Waals surface area contributed by atoms with Crippen LogP contribution in [-0.4, -0.2) is 33.3 Å². The van der Waals surface area contributed by atoms with Crippen molar-refractivity contribution in [3.63, 3.8) is 0 Å². The van der Waals surface area contributed by atoms with Gasteiger partial charge in [0.05, 0.1) is 11.9 Å². The standard InChI is InChI=1S/C14H16FN3O4/c1-14(2)5-4-9(10(19)6-14)17(3)13(22)18-7-8(15)11(20)16-12(18)21/h4,7H,5-6H2,1-3H3,(H,16,20,21). The number of carbonyl (C=O) groups is 2. The number of aromatic amines is 1. The molecule has 118 valence electrons. The fraction of sp³-hybridized carbons (Fsp3) is 0.429. The van der Waals surface area contributed by atoms with Gasteiger partial charge in [-0.1, -0.05) is 19.9 Å². The Labute approximate surface area is 125 Å². The summed E-state index contributed by atoms with van der Waals surface area (Å²) in [6, 6.07) is -0.917. The Morgan fingerprint density at radius 1 is 1.36 bits per heavy atom. The topological polar surface area (TPSA) is 92.2 Å². The van der Waals surface area contributed by atoms with Crippen molar-refractivity contribution >= 4 is 11.8 Å². The van der Waals surface area contributed by atoms with E-state index in [4.69, 9.17) is 0 Å². The van der Waals surface area contributed by atoms with Crippen molar-refractivity contribution in [2.45, 2.75) is 26.7 Å². The van der Waals surface area contributed by atoms with E-state index in [9.17, 15) is 23.6 Å². The SMILES string of the molecule is CN(C(=O)n1cc(F)c(=O)[nH]c1=O)C1=CCC(C)(C)CC1=O. The average Bonchev–Trinajstić information content (AvgIpc) is 2.40. The molecular formula is C14H16FN3O4. The van der Waals surface area contributed by atoms with Gasteiger partial charge in [-0.25, -0.2) is 14.2 Å². The lowest BCUT2D eigenvalue weighted by Crippen LogP contribution is -2.43. The van der Waals surface area contributed by atoms with Crippen LogP contribution in [0.4, 0.5) is 9.18 Å². The highest BCUT2D eigenvalue weighted by atomic mass is 19.1. The van der Waals surface area contributed by atoms with Gasteiger partial charge in [-0.15, -0.1) is 0 Å². The zero-order chi connectivity index (χ0) is 16.7. The molecule has 0 spiro atoms. The highest BCUT2D eigenvalue weighted by molar-refractivity contribution is 5.99. The Bertz CT molecular complexity index is 788. The second-order valence-electron chi connectivity index (χ2n) is 6.01. The molecule has 1 aromatic heterocycles. The van der Waals surface area contributed by atoms with Gasteiger partial charge in [0.1, 0.15) is 0 Å². The second kappa shape index (κ2) is 5.36. The summed E-state index contributed by atoms with van der Waals surface area (Å²) in [6.45, 7) is 3.86. The molecule has 8 heteroatoms. The van der Waals surface area contributed by atoms with E-state index in [-0.39, 0.29) is 23.3 Å². The van der Waals surface area contributed by atoms with Gasteiger partial charge in [0.15, 0.2) is 5.78 Å². The molecule has 1 aliphatic carbocycles. The quantitative estimate of drug-likeness (QED) is 0.832. The number of amides is 1. The van der Waals surface area contributed by atoms with E-state index >= 15 is 0 Å². The Morgan fingerprint density at radius 3 is 2.59 bits per heavy atom. The molecule has 1 heterocycles. The molecule has 7 nitrogen and oxygen atoms in total. The Kier molecular flexibility index (Phi) is 3.87. The van der Waals surface area contributed by atoms with Crippen molar-refractivity contribution in [3.05, 3.63) is 44.6 Å². The maximum atomic E-state index is 13.2. The van der Waals surface area contributed by atoms with Gasteiger partial charge in [-0.3, -0.25) is 19.5 Å². The van der Waals surface area contributed by atoms with Crippen LogP contribution in [0.3, 0.4) is 0 Å². The van der Waals surface area contributed by atoms with E-state index in [0.717, 1.165) is 4.90 Å². The third-order valence-electron chi connectivity index (χ3n) is 3.53. The normalized spacial score (nSPS) is 17.1. The van der Waals surface area contributed by atoms with E-state index < -0.39 is 23.1 Å². The number of Topliss-reactive ketones (excluding diaryl/α,β-unsaturated/α-hetero) is 1. The lowest BCUT2D eigenvalue weighted by atomic mass is 9.79. The number of hydrogen-bond donors (Lipinski definition) is 1. The van der Waals surface area contributed by atoms with E-state index in [0.29, 0.717) is 17.2 Å². The first kappa shape index (κ1) is 15.9. The van der Waals surface area contributed by atoms with Crippen molar-refractivity contribution in [3.8, 4) is 0 Å². The summed E-state index contributed by atoms with van der Waals surface area (Å²) in [4.78, 5) is 49.6. The molecule has 1 aliphatic rings. The molecule has 0 saturated carbocycles. The van der Waals surface area contributed by atoms with Gasteiger partial charge >= 0.3 is 11.7 Å². The summed E-state index contributed by atoms with van der Waals surface area (Å²) in [6.07, 6.45) is 3.00. The molecule has 0 fully saturated rings. The van der Waals surface area contributed by atoms with Crippen LogP contribution in [0, 0.1) is 11.2 Å². The highest BCUT2D eigenvalue weighted by Gasteiger charge is 2.31. The predicted octanol–water partition coefficient (Wildman–Crippen LogP) is 0.849. The van der Waals surface area contributed by atoms with Crippen LogP contribution in [0.15, 0.2) is 27.6 Å². The van der Waals surface area contributed by atoms with Crippen LogP contribution < -0.4 is 11.2 Å². The first-order valence-electron chi connectivity index (χ1n) is 6.65. The van der Waals surface area contributed by atoms with Crippen LogP contribution in [0.5, 0.6) is 0 Å². The molecule has 0 bridgehead atoms. The fourth-order valence-electron chi connectivity index (χ4n) is 2.26. The third kappa shape index (κ3) is 2.90. The lowest BCUT2D eigenvalue weighted by Gasteiger charge is -2.30. The Balaban J connectivity index is 2.37. The third-order valence-corrected chi connectivity index (χ3v) is 3.53. The minimum absolute atomic E-state index is 0.155. The minimum Gasteiger partial charge on any atom is -0.293 e. The van der Waals surface area contributed by atoms with Crippen molar-refractivity contribution in [2.75, 3.05) is 7.05 Å². The summed E-state index contributed by atoms with van der Waals surface area (Å²) in [7, 11) is 1.32. The number of likely N-dealkylation sites (N-methyl/N-ethyl adjacent to an activating group) is 1. The Hall–Kier alpha value is -2.51. The van der Waals surface area contributed by atoms with Gasteiger partial charge in [-0.05, 0) is 11.8 Å². The summed E-state index contributed by atoms with van der Waals surface area (Å²) in [5, 5.41) is 0.